The number of nitrogens with zero attached hydrogens (tertiary/aromatic N) is 1. The van der Waals surface area contributed by atoms with Crippen LogP contribution in [-0.4, -0.2) is 4.98 Å². The van der Waals surface area contributed by atoms with Crippen LogP contribution in [-0.2, 0) is 0 Å². The molecule has 4 aromatic carbocycles. The minimum absolute atomic E-state index is 0.168. The molecule has 0 amide bonds. The van der Waals surface area contributed by atoms with E-state index >= 15 is 0 Å². The van der Waals surface area contributed by atoms with Gasteiger partial charge in [-0.15, -0.1) is 0 Å². The molecule has 0 fully saturated rings. The van der Waals surface area contributed by atoms with Gasteiger partial charge in [-0.25, -0.2) is 0 Å². The van der Waals surface area contributed by atoms with Crippen molar-refractivity contribution in [3.05, 3.63) is 114 Å². The van der Waals surface area contributed by atoms with Gasteiger partial charge in [-0.2, -0.15) is 0 Å². The maximum Gasteiger partial charge on any atom is 0.0705 e. The molecule has 1 aliphatic heterocycles. The molecule has 6 rings (SSSR count). The molecule has 2 nitrogen and oxygen atoms in total. The number of para-hydroxylation sites is 1. The maximum atomic E-state index is 8.34. The van der Waals surface area contributed by atoms with Crippen molar-refractivity contribution in [2.45, 2.75) is 13.8 Å². The topological polar surface area (TPSA) is 24.9 Å². The Hall–Kier alpha value is -4.17. The van der Waals surface area contributed by atoms with Gasteiger partial charge in [-0.3, -0.25) is 4.98 Å². The third-order valence-corrected chi connectivity index (χ3v) is 6.31. The Morgan fingerprint density at radius 3 is 2.21 bits per heavy atom. The second-order valence-electron chi connectivity index (χ2n) is 8.29. The Morgan fingerprint density at radius 1 is 0.667 bits per heavy atom. The number of hydrogen-bond donors (Lipinski definition) is 1. The average molecular weight is 430 g/mol. The number of hydrogen-bond acceptors (Lipinski definition) is 2. The van der Waals surface area contributed by atoms with Crippen molar-refractivity contribution in [1.82, 2.24) is 4.98 Å². The van der Waals surface area contributed by atoms with E-state index in [1.807, 2.05) is 25.1 Å². The van der Waals surface area contributed by atoms with E-state index in [0.29, 0.717) is 5.56 Å². The summed E-state index contributed by atoms with van der Waals surface area (Å²) in [6.07, 6.45) is 1.61. The van der Waals surface area contributed by atoms with Crippen LogP contribution in [0.2, 0.25) is 0 Å². The summed E-state index contributed by atoms with van der Waals surface area (Å²) in [6.45, 7) is 4.03. The van der Waals surface area contributed by atoms with Crippen LogP contribution in [0.5, 0.6) is 0 Å². The van der Waals surface area contributed by atoms with E-state index < -0.39 is 6.04 Å². The molecule has 158 valence electrons. The highest BCUT2D eigenvalue weighted by atomic mass is 14.9. The predicted octanol–water partition coefficient (Wildman–Crippen LogP) is 8.42. The first-order chi connectivity index (χ1) is 18.3. The van der Waals surface area contributed by atoms with Crippen molar-refractivity contribution in [3.8, 4) is 44.6 Å². The monoisotopic (exact) mass is 429 g/mol. The SMILES string of the molecule is [2H]c1c([2H])c([2H])c(-c2cnc(-c3ccc4c(c3)-c3cccc(c3C)-c3ccccc3N4)cc2C)c([2H])c1[2H]. The lowest BCUT2D eigenvalue weighted by atomic mass is 9.88. The second kappa shape index (κ2) is 7.75. The molecule has 2 heterocycles. The number of aryl methyl sites for hydroxylation is 1. The van der Waals surface area contributed by atoms with Gasteiger partial charge in [-0.1, -0.05) is 72.7 Å². The van der Waals surface area contributed by atoms with Crippen molar-refractivity contribution in [1.29, 1.82) is 0 Å². The number of fused-ring (bicyclic) bond motifs is 6. The van der Waals surface area contributed by atoms with Crippen molar-refractivity contribution < 1.29 is 6.85 Å². The van der Waals surface area contributed by atoms with Crippen LogP contribution in [0, 0.1) is 13.8 Å². The summed E-state index contributed by atoms with van der Waals surface area (Å²) < 4.78 is 40.6. The number of aromatic nitrogens is 1. The third kappa shape index (κ3) is 3.32. The van der Waals surface area contributed by atoms with Gasteiger partial charge in [0.1, 0.15) is 0 Å². The summed E-state index contributed by atoms with van der Waals surface area (Å²) in [7, 11) is 0. The standard InChI is InChI=1S/C31H24N2/c1-20-17-31(32-19-28(20)22-9-4-3-5-10-22)23-15-16-30-27(18-23)25-13-8-12-24(21(25)2)26-11-6-7-14-29(26)33-30/h3-19,33H,1-2H3/i3D,4D,5D,9D,10D. The molecule has 1 N–H and O–H groups in total. The Kier molecular flexibility index (Phi) is 3.48. The number of pyridine rings is 1. The largest absolute Gasteiger partial charge is 0.355 e. The Morgan fingerprint density at radius 2 is 1.39 bits per heavy atom. The van der Waals surface area contributed by atoms with E-state index in [2.05, 4.69) is 65.8 Å². The van der Waals surface area contributed by atoms with Crippen LogP contribution in [0.25, 0.3) is 44.6 Å². The minimum Gasteiger partial charge on any atom is -0.355 e. The minimum atomic E-state index is -0.401. The van der Waals surface area contributed by atoms with Gasteiger partial charge in [0.05, 0.1) is 12.5 Å². The predicted molar refractivity (Wildman–Crippen MR) is 139 cm³/mol. The van der Waals surface area contributed by atoms with Crippen molar-refractivity contribution in [2.24, 2.45) is 0 Å². The molecule has 0 spiro atoms. The molecule has 0 saturated heterocycles. The molecule has 0 saturated carbocycles. The lowest BCUT2D eigenvalue weighted by molar-refractivity contribution is 1.28. The summed E-state index contributed by atoms with van der Waals surface area (Å²) in [5, 5.41) is 3.62. The van der Waals surface area contributed by atoms with E-state index in [0.717, 1.165) is 39.3 Å². The summed E-state index contributed by atoms with van der Waals surface area (Å²) >= 11 is 0. The zero-order valence-electron chi connectivity index (χ0n) is 23.4. The fourth-order valence-corrected chi connectivity index (χ4v) is 4.59. The third-order valence-electron chi connectivity index (χ3n) is 6.31. The lowest BCUT2D eigenvalue weighted by Gasteiger charge is -2.23. The van der Waals surface area contributed by atoms with Crippen LogP contribution in [0.3, 0.4) is 0 Å². The first-order valence-corrected chi connectivity index (χ1v) is 10.9. The number of nitrogens with one attached hydrogen (secondary N) is 1. The molecule has 5 aromatic rings. The normalized spacial score (nSPS) is 13.7. The van der Waals surface area contributed by atoms with Crippen molar-refractivity contribution >= 4 is 11.4 Å². The van der Waals surface area contributed by atoms with Gasteiger partial charge in [-0.05, 0) is 65.9 Å². The van der Waals surface area contributed by atoms with E-state index in [4.69, 9.17) is 6.85 Å². The van der Waals surface area contributed by atoms with Gasteiger partial charge in [0, 0.05) is 39.8 Å². The van der Waals surface area contributed by atoms with Gasteiger partial charge < -0.3 is 5.32 Å². The summed E-state index contributed by atoms with van der Waals surface area (Å²) in [5.74, 6) is 0. The van der Waals surface area contributed by atoms with Gasteiger partial charge in [0.15, 0.2) is 0 Å². The van der Waals surface area contributed by atoms with Gasteiger partial charge in [0.25, 0.3) is 0 Å². The molecule has 1 aliphatic rings. The zero-order chi connectivity index (χ0) is 26.7. The molecule has 1 aromatic heterocycles. The smallest absolute Gasteiger partial charge is 0.0705 e. The van der Waals surface area contributed by atoms with E-state index in [1.165, 1.54) is 16.7 Å². The summed E-state index contributed by atoms with van der Waals surface area (Å²) in [4.78, 5) is 4.67. The van der Waals surface area contributed by atoms with Crippen molar-refractivity contribution in [3.63, 3.8) is 0 Å². The first-order valence-electron chi connectivity index (χ1n) is 13.4. The summed E-state index contributed by atoms with van der Waals surface area (Å²) in [6, 6.07) is 21.3. The molecule has 0 atom stereocenters. The zero-order valence-corrected chi connectivity index (χ0v) is 18.4. The Balaban J connectivity index is 1.48. The van der Waals surface area contributed by atoms with Crippen LogP contribution in [0.1, 0.15) is 18.0 Å². The molecule has 2 bridgehead atoms. The van der Waals surface area contributed by atoms with Crippen LogP contribution >= 0.6 is 0 Å². The highest BCUT2D eigenvalue weighted by Crippen LogP contribution is 2.43. The molecule has 0 unspecified atom stereocenters. The first kappa shape index (κ1) is 14.8. The van der Waals surface area contributed by atoms with E-state index in [9.17, 15) is 0 Å². The average Bonchev–Trinajstić information content (AvgIpc) is 2.92. The number of rotatable bonds is 2. The molecule has 33 heavy (non-hydrogen) atoms. The second-order valence-corrected chi connectivity index (χ2v) is 8.29. The fraction of sp³-hybridized carbons (Fsp3) is 0.0645. The van der Waals surface area contributed by atoms with Gasteiger partial charge >= 0.3 is 0 Å². The highest BCUT2D eigenvalue weighted by Gasteiger charge is 2.18. The van der Waals surface area contributed by atoms with E-state index in [-0.39, 0.29) is 29.7 Å². The molecule has 0 aliphatic carbocycles. The van der Waals surface area contributed by atoms with Crippen LogP contribution in [0.15, 0.2) is 103 Å². The quantitative estimate of drug-likeness (QED) is 0.299. The molecule has 2 heteroatoms. The van der Waals surface area contributed by atoms with Crippen LogP contribution in [0.4, 0.5) is 11.4 Å². The Bertz CT molecular complexity index is 1750. The lowest BCUT2D eigenvalue weighted by Crippen LogP contribution is -2.01. The highest BCUT2D eigenvalue weighted by molar-refractivity contribution is 5.95. The molecule has 0 radical (unpaired) electrons. The number of anilines is 2. The van der Waals surface area contributed by atoms with E-state index in [1.54, 1.807) is 6.20 Å². The number of benzene rings is 4. The van der Waals surface area contributed by atoms with Gasteiger partial charge in [0.2, 0.25) is 0 Å². The molecular formula is C31H24N2. The van der Waals surface area contributed by atoms with Crippen molar-refractivity contribution in [2.75, 3.05) is 5.32 Å². The van der Waals surface area contributed by atoms with Crippen LogP contribution < -0.4 is 5.32 Å². The molecular weight excluding hydrogens is 400 g/mol. The fourth-order valence-electron chi connectivity index (χ4n) is 4.59. The summed E-state index contributed by atoms with van der Waals surface area (Å²) in [5.41, 5.74) is 11.0. The maximum absolute atomic E-state index is 8.34. The Labute approximate surface area is 201 Å².